The second-order valence-electron chi connectivity index (χ2n) is 29.4. The van der Waals surface area contributed by atoms with Crippen LogP contribution in [0.4, 0.5) is 0 Å². The van der Waals surface area contributed by atoms with Gasteiger partial charge in [0.2, 0.25) is 94.5 Å². The summed E-state index contributed by atoms with van der Waals surface area (Å²) in [6.45, 7) is 5.06. The quantitative estimate of drug-likeness (QED) is 0.0269. The number of hydrogen-bond acceptors (Lipinski definition) is 27. The molecule has 3 saturated heterocycles. The van der Waals surface area contributed by atoms with E-state index in [0.29, 0.717) is 6.42 Å². The van der Waals surface area contributed by atoms with E-state index in [1.807, 2.05) is 5.32 Å². The molecule has 3 aliphatic heterocycles. The molecular weight excluding hydrogens is 1620 g/mol. The molecule has 121 heavy (non-hydrogen) atoms. The number of rotatable bonds is 52. The van der Waals surface area contributed by atoms with Crippen LogP contribution in [-0.4, -0.2) is 344 Å². The Morgan fingerprint density at radius 3 is 1.09 bits per heavy atom. The highest BCUT2D eigenvalue weighted by Gasteiger charge is 2.44. The number of carboxylic acids is 7. The van der Waals surface area contributed by atoms with Gasteiger partial charge in [-0.25, -0.2) is 4.79 Å². The molecule has 0 aromatic carbocycles. The van der Waals surface area contributed by atoms with Gasteiger partial charge in [0, 0.05) is 51.7 Å². The summed E-state index contributed by atoms with van der Waals surface area (Å²) in [4.78, 5) is 304. The molecule has 0 bridgehead atoms. The highest BCUT2D eigenvalue weighted by atomic mass is 16.4. The van der Waals surface area contributed by atoms with Gasteiger partial charge in [0.1, 0.15) is 84.6 Å². The lowest BCUT2D eigenvalue weighted by Crippen LogP contribution is -2.61. The molecule has 3 rings (SSSR count). The lowest BCUT2D eigenvalue weighted by atomic mass is 10.0. The van der Waals surface area contributed by atoms with Gasteiger partial charge in [-0.3, -0.25) is 105 Å². The molecule has 50 nitrogen and oxygen atoms in total. The van der Waals surface area contributed by atoms with Crippen molar-refractivity contribution in [2.45, 2.75) is 260 Å². The van der Waals surface area contributed by atoms with E-state index in [1.165, 1.54) is 11.8 Å². The van der Waals surface area contributed by atoms with E-state index in [0.717, 1.165) is 30.6 Å². The summed E-state index contributed by atoms with van der Waals surface area (Å²) in [7, 11) is 0. The molecule has 25 N–H and O–H groups in total. The molecule has 3 heterocycles. The molecule has 0 radical (unpaired) electrons. The minimum absolute atomic E-state index is 0.00563. The maximum absolute atomic E-state index is 14.5. The van der Waals surface area contributed by atoms with Crippen LogP contribution in [0.25, 0.3) is 0 Å². The predicted octanol–water partition coefficient (Wildman–Crippen LogP) is -10.4. The van der Waals surface area contributed by atoms with E-state index in [1.54, 1.807) is 13.8 Å². The van der Waals surface area contributed by atoms with Crippen LogP contribution in [-0.2, 0) is 110 Å². The molecule has 0 aliphatic carbocycles. The first kappa shape index (κ1) is 103. The number of nitrogens with one attached hydrogen (secondary N) is 13. The zero-order valence-corrected chi connectivity index (χ0v) is 67.1. The number of nitrogens with two attached hydrogens (primary N) is 1. The smallest absolute Gasteiger partial charge is 0.328 e. The molecule has 17 unspecified atom stereocenters. The molecule has 50 heteroatoms. The van der Waals surface area contributed by atoms with E-state index in [4.69, 9.17) is 5.73 Å². The molecule has 676 valence electrons. The fourth-order valence-electron chi connectivity index (χ4n) is 13.0. The average molecular weight is 1730 g/mol. The standard InChI is InChI=1S/C71H109N17O33/c1-31(2)26-42(82-61(110)39(16-21-52(100)101)78-63(112)41(27-54(104)105)81-57(106)32(3)75-58(107)36(13-18-49(94)95)80-68(117)55(34(5)90)84-67(116)45-11-7-23-86(45)48(93)28-72)70(119)88-25-8-10-44(88)65(114)73-29-47(92)74-33(4)69(118)87-24-9-12-46(87)66(115)83-43(30-89)64(113)79-38(15-20-51(98)99)60(109)76-37(14-19-50(96)97)59(108)77-40(17-22-53(102)103)62(111)85-56(35(6)91)71(120)121/h31-46,55-56,89-91H,7-30,72H2,1-6H3,(H,73,114)(H,74,92)(H,75,107)(H,76,109)(H,77,108)(H,78,112)(H,79,113)(H,80,117)(H,81,106)(H,82,110)(H,83,115)(H,84,116)(H,85,111)(H,94,95)(H,96,97)(H,98,99)(H,100,101)(H,102,103)(H,104,105)(H,120,121). The van der Waals surface area contributed by atoms with Gasteiger partial charge >= 0.3 is 41.8 Å². The van der Waals surface area contributed by atoms with E-state index in [-0.39, 0.29) is 58.2 Å². The summed E-state index contributed by atoms with van der Waals surface area (Å²) in [5, 5.41) is 126. The maximum atomic E-state index is 14.5. The van der Waals surface area contributed by atoms with Crippen LogP contribution < -0.4 is 74.9 Å². The van der Waals surface area contributed by atoms with Crippen molar-refractivity contribution in [1.82, 2.24) is 83.8 Å². The van der Waals surface area contributed by atoms with Gasteiger partial charge in [0.05, 0.1) is 38.3 Å². The molecular formula is C71H109N17O33. The molecule has 3 fully saturated rings. The number of carboxylic acid groups (broad SMARTS) is 7. The number of carbonyl (C=O) groups is 23. The van der Waals surface area contributed by atoms with Crippen molar-refractivity contribution < 1.29 is 161 Å². The molecule has 16 amide bonds. The summed E-state index contributed by atoms with van der Waals surface area (Å²) in [5.74, 6) is -29.3. The van der Waals surface area contributed by atoms with Gasteiger partial charge in [-0.15, -0.1) is 0 Å². The van der Waals surface area contributed by atoms with Crippen molar-refractivity contribution in [1.29, 1.82) is 0 Å². The second-order valence-corrected chi connectivity index (χ2v) is 29.4. The minimum atomic E-state index is -2.11. The SMILES string of the molecule is CC(C)CC(NC(=O)C(CCC(=O)O)NC(=O)C(CC(=O)O)NC(=O)C(C)NC(=O)C(CCC(=O)O)NC(=O)C(NC(=O)C1CCCN1C(=O)CN)C(C)O)C(=O)N1CCCC1C(=O)NCC(=O)NC(C)C(=O)N1CCCC1C(=O)NC(CO)C(=O)NC(CCC(=O)O)C(=O)NC(CCC(=O)O)C(=O)NC(CCC(=O)O)C(=O)NC(C(=O)O)C(C)O. The van der Waals surface area contributed by atoms with Gasteiger partial charge in [-0.1, -0.05) is 13.8 Å². The number of amides is 16. The highest BCUT2D eigenvalue weighted by molar-refractivity contribution is 6.02. The third-order valence-corrected chi connectivity index (χ3v) is 19.3. The number of nitrogens with zero attached hydrogens (tertiary/aromatic N) is 3. The number of likely N-dealkylation sites (tertiary alicyclic amines) is 3. The molecule has 3 aliphatic rings. The Hall–Kier alpha value is -12.3. The predicted molar refractivity (Wildman–Crippen MR) is 405 cm³/mol. The number of hydrogen-bond donors (Lipinski definition) is 24. The van der Waals surface area contributed by atoms with Crippen molar-refractivity contribution >= 4 is 136 Å². The lowest BCUT2D eigenvalue weighted by Gasteiger charge is -2.31. The summed E-state index contributed by atoms with van der Waals surface area (Å²) >= 11 is 0. The van der Waals surface area contributed by atoms with Gasteiger partial charge in [-0.2, -0.15) is 0 Å². The number of aliphatic hydroxyl groups excluding tert-OH is 3. The van der Waals surface area contributed by atoms with Crippen molar-refractivity contribution in [2.75, 3.05) is 39.3 Å². The minimum Gasteiger partial charge on any atom is -0.481 e. The van der Waals surface area contributed by atoms with Crippen molar-refractivity contribution in [3.8, 4) is 0 Å². The second kappa shape index (κ2) is 49.9. The van der Waals surface area contributed by atoms with Crippen LogP contribution in [0.15, 0.2) is 0 Å². The molecule has 0 saturated carbocycles. The highest BCUT2D eigenvalue weighted by Crippen LogP contribution is 2.23. The first-order valence-electron chi connectivity index (χ1n) is 38.7. The fraction of sp³-hybridized carbons (Fsp3) is 0.676. The van der Waals surface area contributed by atoms with Gasteiger partial charge in [0.25, 0.3) is 0 Å². The van der Waals surface area contributed by atoms with Crippen LogP contribution in [0.2, 0.25) is 0 Å². The topological polar surface area (TPSA) is 787 Å². The third kappa shape index (κ3) is 34.1. The van der Waals surface area contributed by atoms with Gasteiger partial charge < -0.3 is 141 Å². The summed E-state index contributed by atoms with van der Waals surface area (Å²) in [6, 6.07) is -25.9. The van der Waals surface area contributed by atoms with Crippen molar-refractivity contribution in [3.63, 3.8) is 0 Å². The van der Waals surface area contributed by atoms with Crippen LogP contribution in [0, 0.1) is 5.92 Å². The Morgan fingerprint density at radius 2 is 0.702 bits per heavy atom. The van der Waals surface area contributed by atoms with Crippen LogP contribution in [0.3, 0.4) is 0 Å². The summed E-state index contributed by atoms with van der Waals surface area (Å²) in [5.41, 5.74) is 5.47. The maximum Gasteiger partial charge on any atom is 0.328 e. The number of aliphatic hydroxyl groups is 3. The number of aliphatic carboxylic acids is 7. The van der Waals surface area contributed by atoms with Gasteiger partial charge in [0.15, 0.2) is 6.04 Å². The average Bonchev–Trinajstić information content (AvgIpc) is 1.73. The van der Waals surface area contributed by atoms with E-state index in [9.17, 15) is 161 Å². The Morgan fingerprint density at radius 1 is 0.355 bits per heavy atom. The molecule has 17 atom stereocenters. The summed E-state index contributed by atoms with van der Waals surface area (Å²) in [6.07, 6.45) is -11.7. The third-order valence-electron chi connectivity index (χ3n) is 19.3. The fourth-order valence-corrected chi connectivity index (χ4v) is 13.0. The van der Waals surface area contributed by atoms with Crippen LogP contribution >= 0.6 is 0 Å². The van der Waals surface area contributed by atoms with Crippen LogP contribution in [0.1, 0.15) is 157 Å². The van der Waals surface area contributed by atoms with Crippen molar-refractivity contribution in [2.24, 2.45) is 11.7 Å². The Kier molecular flexibility index (Phi) is 42.4. The summed E-state index contributed by atoms with van der Waals surface area (Å²) < 4.78 is 0. The molecule has 0 aromatic rings. The Balaban J connectivity index is 1.73. The van der Waals surface area contributed by atoms with Crippen LogP contribution in [0.5, 0.6) is 0 Å². The first-order chi connectivity index (χ1) is 56.6. The first-order valence-corrected chi connectivity index (χ1v) is 38.7. The van der Waals surface area contributed by atoms with E-state index < -0.39 is 335 Å². The normalized spacial score (nSPS) is 18.3. The van der Waals surface area contributed by atoms with E-state index >= 15 is 0 Å². The van der Waals surface area contributed by atoms with Crippen molar-refractivity contribution in [3.05, 3.63) is 0 Å². The lowest BCUT2D eigenvalue weighted by molar-refractivity contribution is -0.146. The number of carbonyl (C=O) groups excluding carboxylic acids is 16. The Bertz CT molecular complexity index is 3820. The van der Waals surface area contributed by atoms with Gasteiger partial charge in [-0.05, 0) is 111 Å². The zero-order valence-electron chi connectivity index (χ0n) is 67.1. The largest absolute Gasteiger partial charge is 0.481 e. The molecule has 0 spiro atoms. The molecule has 0 aromatic heterocycles. The monoisotopic (exact) mass is 1730 g/mol. The zero-order chi connectivity index (χ0) is 91.6. The Labute approximate surface area is 690 Å². The van der Waals surface area contributed by atoms with E-state index in [2.05, 4.69) is 63.8 Å².